The zero-order valence-electron chi connectivity index (χ0n) is 18.7. The first-order valence-corrected chi connectivity index (χ1v) is 12.1. The Balaban J connectivity index is 2.51. The second kappa shape index (κ2) is 11.7. The highest BCUT2D eigenvalue weighted by Gasteiger charge is 2.35. The lowest BCUT2D eigenvalue weighted by molar-refractivity contribution is -0.111. The number of nitrogens with two attached hydrogens (primary N) is 1. The minimum atomic E-state index is -3.89. The summed E-state index contributed by atoms with van der Waals surface area (Å²) >= 11 is 0. The number of para-hydroxylation sites is 1. The number of esters is 1. The number of benzene rings is 2. The Hall–Kier alpha value is -2.87. The average molecular weight is 462 g/mol. The molecule has 2 aromatic rings. The Morgan fingerprint density at radius 3 is 2.34 bits per heavy atom. The quantitative estimate of drug-likeness (QED) is 0.221. The smallest absolute Gasteiger partial charge is 0.339 e. The van der Waals surface area contributed by atoms with Gasteiger partial charge >= 0.3 is 5.97 Å². The Morgan fingerprint density at radius 2 is 1.78 bits per heavy atom. The van der Waals surface area contributed by atoms with Crippen LogP contribution < -0.4 is 10.5 Å². The van der Waals surface area contributed by atoms with Crippen molar-refractivity contribution in [1.82, 2.24) is 0 Å². The van der Waals surface area contributed by atoms with E-state index in [0.717, 1.165) is 25.5 Å². The predicted molar refractivity (Wildman–Crippen MR) is 124 cm³/mol. The molecule has 0 aromatic heterocycles. The number of hydrogen-bond acceptors (Lipinski definition) is 7. The van der Waals surface area contributed by atoms with Gasteiger partial charge in [-0.05, 0) is 48.7 Å². The molecular weight excluding hydrogens is 430 g/mol. The summed E-state index contributed by atoms with van der Waals surface area (Å²) in [5, 5.41) is -1.03. The molecule has 0 saturated heterocycles. The van der Waals surface area contributed by atoms with Crippen LogP contribution in [0.2, 0.25) is 0 Å². The first-order chi connectivity index (χ1) is 15.3. The van der Waals surface area contributed by atoms with E-state index in [1.807, 2.05) is 6.92 Å². The van der Waals surface area contributed by atoms with Gasteiger partial charge in [-0.1, -0.05) is 38.3 Å². The molecular formula is C24H31NO6S. The minimum absolute atomic E-state index is 0.000557. The molecule has 0 amide bonds. The molecule has 2 atom stereocenters. The van der Waals surface area contributed by atoms with Crippen LogP contribution in [-0.4, -0.2) is 40.1 Å². The van der Waals surface area contributed by atoms with E-state index in [1.165, 1.54) is 32.4 Å². The molecule has 7 nitrogen and oxygen atoms in total. The number of anilines is 1. The van der Waals surface area contributed by atoms with Gasteiger partial charge in [0.25, 0.3) is 0 Å². The van der Waals surface area contributed by atoms with Crippen molar-refractivity contribution in [2.24, 2.45) is 5.92 Å². The number of sulfone groups is 1. The number of methoxy groups -OCH3 is 2. The molecule has 0 fully saturated rings. The van der Waals surface area contributed by atoms with Gasteiger partial charge in [0.1, 0.15) is 12.0 Å². The van der Waals surface area contributed by atoms with Gasteiger partial charge in [0.05, 0.1) is 29.9 Å². The molecule has 2 aromatic carbocycles. The van der Waals surface area contributed by atoms with Gasteiger partial charge in [-0.3, -0.25) is 0 Å². The molecule has 2 unspecified atom stereocenters. The summed E-state index contributed by atoms with van der Waals surface area (Å²) in [5.41, 5.74) is 7.00. The second-order valence-electron chi connectivity index (χ2n) is 7.63. The highest BCUT2D eigenvalue weighted by Crippen LogP contribution is 2.31. The first kappa shape index (κ1) is 25.4. The largest absolute Gasteiger partial charge is 0.497 e. The Kier molecular flexibility index (Phi) is 9.26. The lowest BCUT2D eigenvalue weighted by Gasteiger charge is -2.24. The summed E-state index contributed by atoms with van der Waals surface area (Å²) in [6.07, 6.45) is 3.78. The normalized spacial score (nSPS) is 13.2. The number of carbonyl (C=O) groups excluding carboxylic acids is 2. The van der Waals surface area contributed by atoms with Crippen LogP contribution in [0, 0.1) is 5.92 Å². The summed E-state index contributed by atoms with van der Waals surface area (Å²) in [5.74, 6) is -0.783. The number of hydrogen-bond donors (Lipinski definition) is 1. The van der Waals surface area contributed by atoms with E-state index in [1.54, 1.807) is 24.3 Å². The summed E-state index contributed by atoms with van der Waals surface area (Å²) in [7, 11) is -1.14. The molecule has 8 heteroatoms. The number of ether oxygens (including phenoxy) is 2. The van der Waals surface area contributed by atoms with Gasteiger partial charge in [0.15, 0.2) is 9.84 Å². The van der Waals surface area contributed by atoms with Crippen molar-refractivity contribution in [3.63, 3.8) is 0 Å². The fraction of sp³-hybridized carbons (Fsp3) is 0.417. The van der Waals surface area contributed by atoms with Crippen molar-refractivity contribution >= 4 is 27.8 Å². The summed E-state index contributed by atoms with van der Waals surface area (Å²) < 4.78 is 37.1. The van der Waals surface area contributed by atoms with Crippen LogP contribution in [0.15, 0.2) is 47.4 Å². The standard InChI is InChI=1S/C24H31NO6S/c1-4-5-6-8-18(16-26)22(32(28,29)20-13-11-19(30-2)12-14-20)15-17-9-7-10-21(23(17)25)24(27)31-3/h7,9-14,16,18,22H,4-6,8,15,25H2,1-3H3. The topological polar surface area (TPSA) is 113 Å². The molecule has 2 N–H and O–H groups in total. The fourth-order valence-electron chi connectivity index (χ4n) is 3.70. The van der Waals surface area contributed by atoms with Crippen LogP contribution >= 0.6 is 0 Å². The maximum Gasteiger partial charge on any atom is 0.339 e. The predicted octanol–water partition coefficient (Wildman–Crippen LogP) is 3.84. The molecule has 32 heavy (non-hydrogen) atoms. The van der Waals surface area contributed by atoms with Crippen molar-refractivity contribution in [2.75, 3.05) is 20.0 Å². The van der Waals surface area contributed by atoms with Gasteiger partial charge in [-0.25, -0.2) is 13.2 Å². The van der Waals surface area contributed by atoms with Crippen LogP contribution in [-0.2, 0) is 25.8 Å². The molecule has 0 aliphatic rings. The number of carbonyl (C=O) groups is 2. The monoisotopic (exact) mass is 461 g/mol. The molecule has 0 saturated carbocycles. The highest BCUT2D eigenvalue weighted by molar-refractivity contribution is 7.92. The van der Waals surface area contributed by atoms with Crippen molar-refractivity contribution in [3.05, 3.63) is 53.6 Å². The van der Waals surface area contributed by atoms with E-state index in [4.69, 9.17) is 15.2 Å². The zero-order chi connectivity index (χ0) is 23.7. The Bertz CT molecular complexity index is 1020. The Morgan fingerprint density at radius 1 is 1.09 bits per heavy atom. The van der Waals surface area contributed by atoms with E-state index >= 15 is 0 Å². The van der Waals surface area contributed by atoms with E-state index in [2.05, 4.69) is 0 Å². The molecule has 0 aliphatic heterocycles. The third-order valence-corrected chi connectivity index (χ3v) is 7.85. The maximum atomic E-state index is 13.6. The molecule has 0 heterocycles. The van der Waals surface area contributed by atoms with E-state index in [-0.39, 0.29) is 22.6 Å². The van der Waals surface area contributed by atoms with Crippen LogP contribution in [0.3, 0.4) is 0 Å². The molecule has 0 bridgehead atoms. The molecule has 0 radical (unpaired) electrons. The van der Waals surface area contributed by atoms with Gasteiger partial charge in [0, 0.05) is 11.6 Å². The van der Waals surface area contributed by atoms with Crippen molar-refractivity contribution < 1.29 is 27.5 Å². The first-order valence-electron chi connectivity index (χ1n) is 10.6. The SMILES string of the molecule is CCCCCC(C=O)C(Cc1cccc(C(=O)OC)c1N)S(=O)(=O)c1ccc(OC)cc1. The highest BCUT2D eigenvalue weighted by atomic mass is 32.2. The van der Waals surface area contributed by atoms with Gasteiger partial charge in [0.2, 0.25) is 0 Å². The molecule has 2 rings (SSSR count). The second-order valence-corrected chi connectivity index (χ2v) is 9.80. The van der Waals surface area contributed by atoms with E-state index in [9.17, 15) is 18.0 Å². The lowest BCUT2D eigenvalue weighted by atomic mass is 9.93. The fourth-order valence-corrected chi connectivity index (χ4v) is 5.62. The molecule has 174 valence electrons. The summed E-state index contributed by atoms with van der Waals surface area (Å²) in [4.78, 5) is 24.2. The van der Waals surface area contributed by atoms with Crippen LogP contribution in [0.4, 0.5) is 5.69 Å². The number of nitrogen functional groups attached to an aromatic ring is 1. The van der Waals surface area contributed by atoms with Crippen LogP contribution in [0.25, 0.3) is 0 Å². The number of aldehydes is 1. The maximum absolute atomic E-state index is 13.6. The minimum Gasteiger partial charge on any atom is -0.497 e. The molecule has 0 aliphatic carbocycles. The van der Waals surface area contributed by atoms with Crippen molar-refractivity contribution in [1.29, 1.82) is 0 Å². The van der Waals surface area contributed by atoms with Gasteiger partial charge < -0.3 is 20.0 Å². The van der Waals surface area contributed by atoms with E-state index in [0.29, 0.717) is 17.7 Å². The summed E-state index contributed by atoms with van der Waals surface area (Å²) in [6.45, 7) is 2.04. The summed E-state index contributed by atoms with van der Waals surface area (Å²) in [6, 6.07) is 10.9. The van der Waals surface area contributed by atoms with Crippen LogP contribution in [0.1, 0.15) is 48.5 Å². The molecule has 0 spiro atoms. The van der Waals surface area contributed by atoms with Gasteiger partial charge in [-0.15, -0.1) is 0 Å². The lowest BCUT2D eigenvalue weighted by Crippen LogP contribution is -2.33. The third-order valence-electron chi connectivity index (χ3n) is 5.60. The van der Waals surface area contributed by atoms with Crippen molar-refractivity contribution in [2.45, 2.75) is 49.2 Å². The van der Waals surface area contributed by atoms with E-state index < -0.39 is 27.0 Å². The number of rotatable bonds is 12. The van der Waals surface area contributed by atoms with Crippen LogP contribution in [0.5, 0.6) is 5.75 Å². The average Bonchev–Trinajstić information content (AvgIpc) is 2.81. The Labute approximate surface area is 189 Å². The zero-order valence-corrected chi connectivity index (χ0v) is 19.6. The van der Waals surface area contributed by atoms with Crippen molar-refractivity contribution in [3.8, 4) is 5.75 Å². The number of unbranched alkanes of at least 4 members (excludes halogenated alkanes) is 2. The third kappa shape index (κ3) is 5.88. The van der Waals surface area contributed by atoms with Gasteiger partial charge in [-0.2, -0.15) is 0 Å².